The van der Waals surface area contributed by atoms with Crippen LogP contribution in [0.4, 0.5) is 14.5 Å². The highest BCUT2D eigenvalue weighted by molar-refractivity contribution is 6.31. The third kappa shape index (κ3) is 3.86. The molecule has 5 nitrogen and oxygen atoms in total. The zero-order chi connectivity index (χ0) is 20.4. The molecule has 0 spiro atoms. The van der Waals surface area contributed by atoms with Crippen molar-refractivity contribution in [2.75, 3.05) is 5.32 Å². The maximum atomic E-state index is 13.9. The molecule has 148 valence electrons. The van der Waals surface area contributed by atoms with Crippen molar-refractivity contribution in [1.29, 1.82) is 0 Å². The summed E-state index contributed by atoms with van der Waals surface area (Å²) in [5.41, 5.74) is 0.587. The minimum Gasteiger partial charge on any atom is -0.386 e. The molecule has 0 saturated heterocycles. The van der Waals surface area contributed by atoms with Crippen LogP contribution in [0.15, 0.2) is 30.3 Å². The highest BCUT2D eigenvalue weighted by Gasteiger charge is 2.30. The summed E-state index contributed by atoms with van der Waals surface area (Å²) in [6, 6.07) is 5.75. The highest BCUT2D eigenvalue weighted by Crippen LogP contribution is 2.31. The van der Waals surface area contributed by atoms with Gasteiger partial charge in [-0.2, -0.15) is 0 Å². The van der Waals surface area contributed by atoms with E-state index in [-0.39, 0.29) is 33.8 Å². The number of hydrogen-bond acceptors (Lipinski definition) is 3. The average molecular weight is 409 g/mol. The van der Waals surface area contributed by atoms with Crippen molar-refractivity contribution in [1.82, 2.24) is 5.32 Å². The minimum absolute atomic E-state index is 0.00147. The number of hydrogen-bond donors (Lipinski definition) is 3. The third-order valence-electron chi connectivity index (χ3n) is 4.71. The van der Waals surface area contributed by atoms with E-state index in [4.69, 9.17) is 11.6 Å². The SMILES string of the molecule is CCC[C@@H](NC(=O)c1ccc(F)c2c1CC(=O)N2)[C@@H](O)c1cccc(F)c1Cl. The van der Waals surface area contributed by atoms with Gasteiger partial charge in [0, 0.05) is 16.7 Å². The zero-order valence-corrected chi connectivity index (χ0v) is 15.8. The molecule has 2 aromatic rings. The van der Waals surface area contributed by atoms with Gasteiger partial charge in [-0.3, -0.25) is 9.59 Å². The lowest BCUT2D eigenvalue weighted by Crippen LogP contribution is -2.39. The standard InChI is InChI=1S/C20H19ClF2N2O3/c1-2-4-15(19(27)11-5-3-6-13(22)17(11)21)24-20(28)10-7-8-14(23)18-12(10)9-16(26)25-18/h3,5-8,15,19,27H,2,4,9H2,1H3,(H,24,28)(H,25,26)/t15-,19+/m1/s1. The van der Waals surface area contributed by atoms with E-state index >= 15 is 0 Å². The highest BCUT2D eigenvalue weighted by atomic mass is 35.5. The number of aliphatic hydroxyl groups excluding tert-OH is 1. The number of fused-ring (bicyclic) bond motifs is 1. The van der Waals surface area contributed by atoms with Crippen LogP contribution in [0.25, 0.3) is 0 Å². The van der Waals surface area contributed by atoms with Crippen LogP contribution in [-0.4, -0.2) is 23.0 Å². The number of amides is 2. The Morgan fingerprint density at radius 3 is 2.75 bits per heavy atom. The lowest BCUT2D eigenvalue weighted by Gasteiger charge is -2.25. The lowest BCUT2D eigenvalue weighted by atomic mass is 9.97. The number of halogens is 3. The summed E-state index contributed by atoms with van der Waals surface area (Å²) in [6.45, 7) is 1.87. The average Bonchev–Trinajstić information content (AvgIpc) is 3.05. The molecule has 1 aliphatic heterocycles. The van der Waals surface area contributed by atoms with Crippen LogP contribution in [0.3, 0.4) is 0 Å². The van der Waals surface area contributed by atoms with Gasteiger partial charge in [-0.1, -0.05) is 37.1 Å². The predicted molar refractivity (Wildman–Crippen MR) is 101 cm³/mol. The summed E-state index contributed by atoms with van der Waals surface area (Å²) in [4.78, 5) is 24.4. The molecule has 2 atom stereocenters. The molecule has 2 amide bonds. The lowest BCUT2D eigenvalue weighted by molar-refractivity contribution is -0.115. The second-order valence-corrected chi connectivity index (χ2v) is 7.01. The Morgan fingerprint density at radius 2 is 2.04 bits per heavy atom. The van der Waals surface area contributed by atoms with Crippen LogP contribution in [0.2, 0.25) is 5.02 Å². The molecule has 3 N–H and O–H groups in total. The number of rotatable bonds is 6. The second-order valence-electron chi connectivity index (χ2n) is 6.63. The van der Waals surface area contributed by atoms with Crippen molar-refractivity contribution in [3.05, 3.63) is 63.7 Å². The van der Waals surface area contributed by atoms with Gasteiger partial charge in [0.1, 0.15) is 17.7 Å². The van der Waals surface area contributed by atoms with Gasteiger partial charge in [0.2, 0.25) is 5.91 Å². The number of anilines is 1. The maximum Gasteiger partial charge on any atom is 0.251 e. The van der Waals surface area contributed by atoms with Gasteiger partial charge in [0.25, 0.3) is 5.91 Å². The fourth-order valence-corrected chi connectivity index (χ4v) is 3.56. The summed E-state index contributed by atoms with van der Waals surface area (Å²) in [7, 11) is 0. The fraction of sp³-hybridized carbons (Fsp3) is 0.300. The summed E-state index contributed by atoms with van der Waals surface area (Å²) < 4.78 is 27.6. The van der Waals surface area contributed by atoms with Crippen LogP contribution in [-0.2, 0) is 11.2 Å². The molecule has 0 aromatic heterocycles. The normalized spacial score (nSPS) is 15.0. The molecule has 28 heavy (non-hydrogen) atoms. The molecule has 2 aromatic carbocycles. The van der Waals surface area contributed by atoms with Gasteiger partial charge in [-0.15, -0.1) is 0 Å². The van der Waals surface area contributed by atoms with Gasteiger partial charge in [0.05, 0.1) is 23.2 Å². The van der Waals surface area contributed by atoms with Gasteiger partial charge in [0.15, 0.2) is 0 Å². The van der Waals surface area contributed by atoms with Crippen molar-refractivity contribution >= 4 is 29.1 Å². The molecule has 3 rings (SSSR count). The van der Waals surface area contributed by atoms with Crippen molar-refractivity contribution in [2.24, 2.45) is 0 Å². The van der Waals surface area contributed by atoms with E-state index in [2.05, 4.69) is 10.6 Å². The number of nitrogens with one attached hydrogen (secondary N) is 2. The first-order valence-electron chi connectivity index (χ1n) is 8.87. The van der Waals surface area contributed by atoms with Gasteiger partial charge < -0.3 is 15.7 Å². The minimum atomic E-state index is -1.24. The molecule has 0 bridgehead atoms. The topological polar surface area (TPSA) is 78.4 Å². The van der Waals surface area contributed by atoms with Gasteiger partial charge in [-0.05, 0) is 24.6 Å². The summed E-state index contributed by atoms with van der Waals surface area (Å²) in [5.74, 6) is -2.24. The van der Waals surface area contributed by atoms with Crippen molar-refractivity contribution in [3.8, 4) is 0 Å². The number of carbonyl (C=O) groups excluding carboxylic acids is 2. The van der Waals surface area contributed by atoms with E-state index in [9.17, 15) is 23.5 Å². The van der Waals surface area contributed by atoms with Crippen LogP contribution in [0, 0.1) is 11.6 Å². The zero-order valence-electron chi connectivity index (χ0n) is 15.1. The van der Waals surface area contributed by atoms with Crippen LogP contribution >= 0.6 is 11.6 Å². The Bertz CT molecular complexity index is 936. The first-order chi connectivity index (χ1) is 13.3. The molecule has 0 unspecified atom stereocenters. The number of carbonyl (C=O) groups is 2. The molecular formula is C20H19ClF2N2O3. The molecule has 0 fully saturated rings. The quantitative estimate of drug-likeness (QED) is 0.681. The fourth-order valence-electron chi connectivity index (χ4n) is 3.33. The monoisotopic (exact) mass is 408 g/mol. The molecule has 1 aliphatic rings. The van der Waals surface area contributed by atoms with E-state index < -0.39 is 35.6 Å². The Morgan fingerprint density at radius 1 is 1.29 bits per heavy atom. The van der Waals surface area contributed by atoms with E-state index in [0.717, 1.165) is 6.07 Å². The smallest absolute Gasteiger partial charge is 0.251 e. The number of aliphatic hydroxyl groups is 1. The van der Waals surface area contributed by atoms with Crippen LogP contribution in [0.1, 0.15) is 47.4 Å². The molecule has 1 heterocycles. The summed E-state index contributed by atoms with van der Waals surface area (Å²) >= 11 is 5.96. The summed E-state index contributed by atoms with van der Waals surface area (Å²) in [6.07, 6.45) is -0.302. The first-order valence-corrected chi connectivity index (χ1v) is 9.25. The molecule has 0 aliphatic carbocycles. The summed E-state index contributed by atoms with van der Waals surface area (Å²) in [5, 5.41) is 15.6. The van der Waals surface area contributed by atoms with Crippen molar-refractivity contribution < 1.29 is 23.5 Å². The van der Waals surface area contributed by atoms with E-state index in [1.165, 1.54) is 24.3 Å². The van der Waals surface area contributed by atoms with E-state index in [1.54, 1.807) is 0 Å². The van der Waals surface area contributed by atoms with Gasteiger partial charge >= 0.3 is 0 Å². The second kappa shape index (κ2) is 8.24. The van der Waals surface area contributed by atoms with Crippen LogP contribution in [0.5, 0.6) is 0 Å². The molecule has 0 radical (unpaired) electrons. The largest absolute Gasteiger partial charge is 0.386 e. The van der Waals surface area contributed by atoms with Crippen LogP contribution < -0.4 is 10.6 Å². The maximum absolute atomic E-state index is 13.9. The molecular weight excluding hydrogens is 390 g/mol. The Hall–Kier alpha value is -2.51. The Labute approximate surface area is 165 Å². The van der Waals surface area contributed by atoms with Gasteiger partial charge in [-0.25, -0.2) is 8.78 Å². The van der Waals surface area contributed by atoms with Crippen molar-refractivity contribution in [3.63, 3.8) is 0 Å². The van der Waals surface area contributed by atoms with E-state index in [1.807, 2.05) is 6.92 Å². The van der Waals surface area contributed by atoms with Crippen molar-refractivity contribution in [2.45, 2.75) is 38.3 Å². The number of benzene rings is 2. The Kier molecular flexibility index (Phi) is 5.96. The predicted octanol–water partition coefficient (Wildman–Crippen LogP) is 3.74. The Balaban J connectivity index is 1.88. The molecule has 8 heteroatoms. The molecule has 0 saturated carbocycles. The van der Waals surface area contributed by atoms with E-state index in [0.29, 0.717) is 12.8 Å². The first kappa shape index (κ1) is 20.2. The third-order valence-corrected chi connectivity index (χ3v) is 5.10.